The van der Waals surface area contributed by atoms with Crippen molar-refractivity contribution in [3.8, 4) is 0 Å². The van der Waals surface area contributed by atoms with E-state index in [1.54, 1.807) is 6.92 Å². The minimum atomic E-state index is -0.752. The summed E-state index contributed by atoms with van der Waals surface area (Å²) >= 11 is 0. The molecule has 2 nitrogen and oxygen atoms in total. The van der Waals surface area contributed by atoms with E-state index >= 15 is 0 Å². The van der Waals surface area contributed by atoms with Crippen LogP contribution < -0.4 is 5.73 Å². The van der Waals surface area contributed by atoms with E-state index in [0.717, 1.165) is 18.2 Å². The maximum absolute atomic E-state index is 12.7. The number of hydrogen-bond acceptors (Lipinski definition) is 2. The minimum absolute atomic E-state index is 0.0282. The highest BCUT2D eigenvalue weighted by atomic mass is 19.1. The molecule has 1 aromatic carbocycles. The van der Waals surface area contributed by atoms with Crippen LogP contribution in [0.15, 0.2) is 18.2 Å². The van der Waals surface area contributed by atoms with Crippen molar-refractivity contribution in [2.24, 2.45) is 11.7 Å². The zero-order chi connectivity index (χ0) is 10.7. The van der Waals surface area contributed by atoms with Gasteiger partial charge < -0.3 is 5.73 Å². The quantitative estimate of drug-likeness (QED) is 0.753. The van der Waals surface area contributed by atoms with Crippen molar-refractivity contribution in [2.75, 3.05) is 6.54 Å². The fourth-order valence-electron chi connectivity index (χ4n) is 1.09. The van der Waals surface area contributed by atoms with E-state index in [2.05, 4.69) is 0 Å². The van der Waals surface area contributed by atoms with Crippen LogP contribution in [0.25, 0.3) is 0 Å². The fraction of sp³-hybridized carbons (Fsp3) is 0.300. The number of nitrogens with two attached hydrogens (primary N) is 1. The Kier molecular flexibility index (Phi) is 3.30. The summed E-state index contributed by atoms with van der Waals surface area (Å²) in [5, 5.41) is 0. The molecule has 0 aliphatic rings. The Morgan fingerprint density at radius 2 is 1.86 bits per heavy atom. The zero-order valence-corrected chi connectivity index (χ0v) is 7.76. The number of halogens is 2. The van der Waals surface area contributed by atoms with Gasteiger partial charge in [-0.1, -0.05) is 6.92 Å². The Bertz CT molecular complexity index is 332. The van der Waals surface area contributed by atoms with Crippen LogP contribution in [0.5, 0.6) is 0 Å². The van der Waals surface area contributed by atoms with Gasteiger partial charge in [-0.05, 0) is 12.1 Å². The number of rotatable bonds is 3. The first-order valence-electron chi connectivity index (χ1n) is 4.25. The van der Waals surface area contributed by atoms with E-state index in [4.69, 9.17) is 5.73 Å². The maximum atomic E-state index is 12.7. The van der Waals surface area contributed by atoms with Gasteiger partial charge in [-0.15, -0.1) is 0 Å². The Balaban J connectivity index is 3.01. The predicted octanol–water partition coefficient (Wildman–Crippen LogP) is 1.74. The van der Waals surface area contributed by atoms with Gasteiger partial charge >= 0.3 is 0 Å². The van der Waals surface area contributed by atoms with Crippen LogP contribution in [0, 0.1) is 17.6 Å². The molecule has 0 saturated carbocycles. The molecular weight excluding hydrogens is 188 g/mol. The molecule has 0 amide bonds. The fourth-order valence-corrected chi connectivity index (χ4v) is 1.09. The summed E-state index contributed by atoms with van der Waals surface area (Å²) in [6.45, 7) is 1.78. The van der Waals surface area contributed by atoms with Crippen LogP contribution in [0.1, 0.15) is 17.3 Å². The van der Waals surface area contributed by atoms with Gasteiger partial charge in [0.2, 0.25) is 0 Å². The highest BCUT2D eigenvalue weighted by Crippen LogP contribution is 2.12. The monoisotopic (exact) mass is 199 g/mol. The molecule has 0 saturated heterocycles. The summed E-state index contributed by atoms with van der Waals surface area (Å²) in [5.74, 6) is -2.27. The Labute approximate surface area is 80.7 Å². The van der Waals surface area contributed by atoms with Crippen molar-refractivity contribution >= 4 is 5.78 Å². The maximum Gasteiger partial charge on any atom is 0.167 e. The third kappa shape index (κ3) is 2.35. The second-order valence-electron chi connectivity index (χ2n) is 3.16. The van der Waals surface area contributed by atoms with Crippen molar-refractivity contribution in [1.82, 2.24) is 0 Å². The van der Waals surface area contributed by atoms with E-state index in [1.165, 1.54) is 0 Å². The van der Waals surface area contributed by atoms with Gasteiger partial charge in [-0.25, -0.2) is 8.78 Å². The molecule has 2 N–H and O–H groups in total. The normalized spacial score (nSPS) is 12.6. The van der Waals surface area contributed by atoms with E-state index in [-0.39, 0.29) is 17.9 Å². The van der Waals surface area contributed by atoms with Gasteiger partial charge in [-0.3, -0.25) is 4.79 Å². The van der Waals surface area contributed by atoms with E-state index < -0.39 is 17.6 Å². The van der Waals surface area contributed by atoms with Gasteiger partial charge in [0.1, 0.15) is 11.6 Å². The molecule has 0 aliphatic heterocycles. The van der Waals surface area contributed by atoms with Crippen LogP contribution in [0.4, 0.5) is 8.78 Å². The molecule has 1 unspecified atom stereocenters. The molecule has 0 aliphatic carbocycles. The Hall–Kier alpha value is -1.29. The SMILES string of the molecule is CC(CN)C(=O)c1cc(F)cc(F)c1. The number of Topliss-reactive ketones (excluding diaryl/α,β-unsaturated/α-hetero) is 1. The van der Waals surface area contributed by atoms with Gasteiger partial charge in [0.05, 0.1) is 0 Å². The first kappa shape index (κ1) is 10.8. The lowest BCUT2D eigenvalue weighted by atomic mass is 9.99. The molecule has 76 valence electrons. The summed E-state index contributed by atoms with van der Waals surface area (Å²) < 4.78 is 25.5. The average Bonchev–Trinajstić information content (AvgIpc) is 2.14. The predicted molar refractivity (Wildman–Crippen MR) is 48.9 cm³/mol. The van der Waals surface area contributed by atoms with Gasteiger partial charge in [0.25, 0.3) is 0 Å². The minimum Gasteiger partial charge on any atom is -0.330 e. The summed E-state index contributed by atoms with van der Waals surface area (Å²) in [4.78, 5) is 11.5. The third-order valence-electron chi connectivity index (χ3n) is 1.95. The number of hydrogen-bond donors (Lipinski definition) is 1. The first-order valence-corrected chi connectivity index (χ1v) is 4.25. The smallest absolute Gasteiger partial charge is 0.167 e. The van der Waals surface area contributed by atoms with E-state index in [1.807, 2.05) is 0 Å². The van der Waals surface area contributed by atoms with E-state index in [0.29, 0.717) is 0 Å². The van der Waals surface area contributed by atoms with Crippen LogP contribution in [-0.4, -0.2) is 12.3 Å². The molecule has 0 spiro atoms. The van der Waals surface area contributed by atoms with Crippen molar-refractivity contribution in [1.29, 1.82) is 0 Å². The van der Waals surface area contributed by atoms with Crippen molar-refractivity contribution in [2.45, 2.75) is 6.92 Å². The molecular formula is C10H11F2NO. The van der Waals surface area contributed by atoms with Crippen molar-refractivity contribution in [3.05, 3.63) is 35.4 Å². The Morgan fingerprint density at radius 1 is 1.36 bits per heavy atom. The van der Waals surface area contributed by atoms with E-state index in [9.17, 15) is 13.6 Å². The molecule has 14 heavy (non-hydrogen) atoms. The number of benzene rings is 1. The third-order valence-corrected chi connectivity index (χ3v) is 1.95. The van der Waals surface area contributed by atoms with Crippen LogP contribution in [0.3, 0.4) is 0 Å². The number of carbonyl (C=O) groups is 1. The van der Waals surface area contributed by atoms with Crippen LogP contribution >= 0.6 is 0 Å². The second-order valence-corrected chi connectivity index (χ2v) is 3.16. The zero-order valence-electron chi connectivity index (χ0n) is 7.76. The number of carbonyl (C=O) groups excluding carboxylic acids is 1. The second kappa shape index (κ2) is 4.28. The lowest BCUT2D eigenvalue weighted by Crippen LogP contribution is -2.20. The van der Waals surface area contributed by atoms with Crippen molar-refractivity contribution in [3.63, 3.8) is 0 Å². The molecule has 4 heteroatoms. The average molecular weight is 199 g/mol. The molecule has 0 bridgehead atoms. The van der Waals surface area contributed by atoms with Crippen LogP contribution in [-0.2, 0) is 0 Å². The molecule has 0 fully saturated rings. The Morgan fingerprint density at radius 3 is 2.29 bits per heavy atom. The summed E-state index contributed by atoms with van der Waals surface area (Å²) in [6, 6.07) is 2.75. The standard InChI is InChI=1S/C10H11F2NO/c1-6(5-13)10(14)7-2-8(11)4-9(12)3-7/h2-4,6H,5,13H2,1H3. The highest BCUT2D eigenvalue weighted by molar-refractivity contribution is 5.97. The number of ketones is 1. The molecule has 1 rings (SSSR count). The first-order chi connectivity index (χ1) is 6.54. The molecule has 1 aromatic rings. The summed E-state index contributed by atoms with van der Waals surface area (Å²) in [5.41, 5.74) is 5.31. The van der Waals surface area contributed by atoms with Gasteiger partial charge in [0, 0.05) is 24.1 Å². The molecule has 0 radical (unpaired) electrons. The lowest BCUT2D eigenvalue weighted by Gasteiger charge is -2.07. The summed E-state index contributed by atoms with van der Waals surface area (Å²) in [6.07, 6.45) is 0. The molecule has 0 heterocycles. The molecule has 0 aromatic heterocycles. The molecule has 1 atom stereocenters. The van der Waals surface area contributed by atoms with Gasteiger partial charge in [0.15, 0.2) is 5.78 Å². The van der Waals surface area contributed by atoms with Gasteiger partial charge in [-0.2, -0.15) is 0 Å². The largest absolute Gasteiger partial charge is 0.330 e. The van der Waals surface area contributed by atoms with Crippen LogP contribution in [0.2, 0.25) is 0 Å². The highest BCUT2D eigenvalue weighted by Gasteiger charge is 2.15. The topological polar surface area (TPSA) is 43.1 Å². The van der Waals surface area contributed by atoms with Crippen molar-refractivity contribution < 1.29 is 13.6 Å². The lowest BCUT2D eigenvalue weighted by molar-refractivity contribution is 0.0933. The summed E-state index contributed by atoms with van der Waals surface area (Å²) in [7, 11) is 0.